The van der Waals surface area contributed by atoms with E-state index in [0.29, 0.717) is 12.0 Å². The molecule has 0 spiro atoms. The molecular formula is C29H37N7. The molecule has 1 aromatic carbocycles. The van der Waals surface area contributed by atoms with Crippen molar-refractivity contribution in [3.05, 3.63) is 53.0 Å². The molecule has 1 atom stereocenters. The van der Waals surface area contributed by atoms with Gasteiger partial charge in [0.1, 0.15) is 11.6 Å². The second kappa shape index (κ2) is 8.95. The Balaban J connectivity index is 1.47. The zero-order valence-electron chi connectivity index (χ0n) is 22.2. The molecule has 3 aromatic heterocycles. The SMILES string of the molecule is Cc1c[nH]c2cccc(-c3nc4c(c(N5CCCCC5C)n3)CN(c3cc(C(C)C)nn3C)CC4)c12. The lowest BCUT2D eigenvalue weighted by atomic mass is 9.99. The first kappa shape index (κ1) is 23.1. The minimum atomic E-state index is 0.414. The number of anilines is 2. The number of aryl methyl sites for hydroxylation is 2. The van der Waals surface area contributed by atoms with E-state index in [2.05, 4.69) is 80.0 Å². The van der Waals surface area contributed by atoms with Crippen LogP contribution in [-0.4, -0.2) is 43.9 Å². The molecule has 5 heterocycles. The number of H-pyrrole nitrogens is 1. The lowest BCUT2D eigenvalue weighted by Gasteiger charge is -2.38. The lowest BCUT2D eigenvalue weighted by molar-refractivity contribution is 0.478. The monoisotopic (exact) mass is 483 g/mol. The van der Waals surface area contributed by atoms with E-state index in [4.69, 9.17) is 15.1 Å². The molecule has 0 bridgehead atoms. The molecule has 2 aliphatic heterocycles. The van der Waals surface area contributed by atoms with Gasteiger partial charge in [-0.2, -0.15) is 5.10 Å². The molecule has 1 saturated heterocycles. The Morgan fingerprint density at radius 3 is 2.75 bits per heavy atom. The second-order valence-corrected chi connectivity index (χ2v) is 10.9. The van der Waals surface area contributed by atoms with Crippen LogP contribution in [0.4, 0.5) is 11.6 Å². The van der Waals surface area contributed by atoms with Crippen LogP contribution in [0.15, 0.2) is 30.5 Å². The van der Waals surface area contributed by atoms with Gasteiger partial charge in [0.25, 0.3) is 0 Å². The minimum Gasteiger partial charge on any atom is -0.361 e. The zero-order chi connectivity index (χ0) is 25.0. The van der Waals surface area contributed by atoms with E-state index in [1.807, 2.05) is 4.68 Å². The van der Waals surface area contributed by atoms with Crippen molar-refractivity contribution < 1.29 is 0 Å². The molecule has 2 aliphatic rings. The highest BCUT2D eigenvalue weighted by atomic mass is 15.4. The number of hydrogen-bond donors (Lipinski definition) is 1. The van der Waals surface area contributed by atoms with Crippen LogP contribution in [0.1, 0.15) is 68.5 Å². The molecule has 0 saturated carbocycles. The molecule has 0 radical (unpaired) electrons. The summed E-state index contributed by atoms with van der Waals surface area (Å²) in [5, 5.41) is 6.01. The van der Waals surface area contributed by atoms with Gasteiger partial charge < -0.3 is 14.8 Å². The van der Waals surface area contributed by atoms with Crippen molar-refractivity contribution in [3.63, 3.8) is 0 Å². The predicted molar refractivity (Wildman–Crippen MR) is 147 cm³/mol. The summed E-state index contributed by atoms with van der Waals surface area (Å²) < 4.78 is 2.04. The highest BCUT2D eigenvalue weighted by Crippen LogP contribution is 2.37. The number of nitrogens with one attached hydrogen (secondary N) is 1. The number of aromatic amines is 1. The molecule has 4 aromatic rings. The van der Waals surface area contributed by atoms with Gasteiger partial charge in [-0.15, -0.1) is 0 Å². The summed E-state index contributed by atoms with van der Waals surface area (Å²) in [6, 6.07) is 9.15. The van der Waals surface area contributed by atoms with Crippen LogP contribution in [0.2, 0.25) is 0 Å². The lowest BCUT2D eigenvalue weighted by Crippen LogP contribution is -2.41. The Morgan fingerprint density at radius 2 is 1.97 bits per heavy atom. The van der Waals surface area contributed by atoms with Crippen LogP contribution in [0.25, 0.3) is 22.3 Å². The van der Waals surface area contributed by atoms with Crippen molar-refractivity contribution in [1.29, 1.82) is 0 Å². The molecule has 1 unspecified atom stereocenters. The van der Waals surface area contributed by atoms with Crippen LogP contribution in [0, 0.1) is 6.92 Å². The highest BCUT2D eigenvalue weighted by molar-refractivity contribution is 5.96. The maximum atomic E-state index is 5.34. The van der Waals surface area contributed by atoms with E-state index < -0.39 is 0 Å². The number of rotatable bonds is 4. The molecule has 1 fully saturated rings. The highest BCUT2D eigenvalue weighted by Gasteiger charge is 2.30. The molecule has 1 N–H and O–H groups in total. The number of aromatic nitrogens is 5. The Kier molecular flexibility index (Phi) is 5.73. The molecular weight excluding hydrogens is 446 g/mol. The van der Waals surface area contributed by atoms with E-state index in [-0.39, 0.29) is 0 Å². The number of hydrogen-bond acceptors (Lipinski definition) is 5. The summed E-state index contributed by atoms with van der Waals surface area (Å²) in [4.78, 5) is 19.0. The van der Waals surface area contributed by atoms with E-state index >= 15 is 0 Å². The minimum absolute atomic E-state index is 0.414. The van der Waals surface area contributed by atoms with Crippen LogP contribution in [0.5, 0.6) is 0 Å². The third kappa shape index (κ3) is 3.85. The van der Waals surface area contributed by atoms with E-state index in [1.54, 1.807) is 0 Å². The van der Waals surface area contributed by atoms with Crippen molar-refractivity contribution in [2.75, 3.05) is 22.9 Å². The smallest absolute Gasteiger partial charge is 0.162 e. The number of benzene rings is 1. The van der Waals surface area contributed by atoms with Crippen LogP contribution in [0.3, 0.4) is 0 Å². The first-order valence-electron chi connectivity index (χ1n) is 13.4. The number of piperidine rings is 1. The molecule has 7 heteroatoms. The van der Waals surface area contributed by atoms with Crippen molar-refractivity contribution >= 4 is 22.5 Å². The quantitative estimate of drug-likeness (QED) is 0.401. The van der Waals surface area contributed by atoms with Crippen LogP contribution in [-0.2, 0) is 20.0 Å². The topological polar surface area (TPSA) is 65.9 Å². The summed E-state index contributed by atoms with van der Waals surface area (Å²) in [6.07, 6.45) is 6.71. The molecule has 6 rings (SSSR count). The Labute approximate surface area is 213 Å². The Hall–Kier alpha value is -3.35. The van der Waals surface area contributed by atoms with Crippen molar-refractivity contribution in [2.45, 2.75) is 71.9 Å². The number of nitrogens with zero attached hydrogens (tertiary/aromatic N) is 6. The average Bonchev–Trinajstić information content (AvgIpc) is 3.46. The standard InChI is InChI=1S/C29H37N7/c1-18(2)25-15-26(34(5)33-25)35-14-12-23-22(17-35)29(36-13-7-6-9-20(36)4)32-28(31-23)21-10-8-11-24-27(21)19(3)16-30-24/h8,10-11,15-16,18,20,30H,6-7,9,12-14,17H2,1-5H3. The van der Waals surface area contributed by atoms with Gasteiger partial charge in [-0.25, -0.2) is 9.97 Å². The van der Waals surface area contributed by atoms with E-state index in [9.17, 15) is 0 Å². The van der Waals surface area contributed by atoms with Gasteiger partial charge >= 0.3 is 0 Å². The average molecular weight is 484 g/mol. The van der Waals surface area contributed by atoms with Crippen molar-refractivity contribution in [1.82, 2.24) is 24.7 Å². The second-order valence-electron chi connectivity index (χ2n) is 10.9. The maximum absolute atomic E-state index is 5.34. The predicted octanol–water partition coefficient (Wildman–Crippen LogP) is 5.73. The first-order valence-corrected chi connectivity index (χ1v) is 13.4. The fraction of sp³-hybridized carbons (Fsp3) is 0.483. The van der Waals surface area contributed by atoms with Gasteiger partial charge in [0.05, 0.1) is 11.4 Å². The van der Waals surface area contributed by atoms with Crippen LogP contribution < -0.4 is 9.80 Å². The summed E-state index contributed by atoms with van der Waals surface area (Å²) in [5.41, 5.74) is 7.12. The first-order chi connectivity index (χ1) is 17.4. The fourth-order valence-electron chi connectivity index (χ4n) is 5.96. The molecule has 7 nitrogen and oxygen atoms in total. The molecule has 36 heavy (non-hydrogen) atoms. The Bertz CT molecular complexity index is 1410. The third-order valence-electron chi connectivity index (χ3n) is 8.05. The Morgan fingerprint density at radius 1 is 1.11 bits per heavy atom. The zero-order valence-corrected chi connectivity index (χ0v) is 22.2. The molecule has 188 valence electrons. The van der Waals surface area contributed by atoms with E-state index in [1.165, 1.54) is 47.3 Å². The summed E-state index contributed by atoms with van der Waals surface area (Å²) >= 11 is 0. The van der Waals surface area contributed by atoms with Gasteiger partial charge in [0, 0.05) is 73.4 Å². The van der Waals surface area contributed by atoms with Gasteiger partial charge in [-0.3, -0.25) is 4.68 Å². The maximum Gasteiger partial charge on any atom is 0.162 e. The van der Waals surface area contributed by atoms with Gasteiger partial charge in [0.15, 0.2) is 5.82 Å². The van der Waals surface area contributed by atoms with Crippen molar-refractivity contribution in [2.24, 2.45) is 7.05 Å². The summed E-state index contributed by atoms with van der Waals surface area (Å²) in [6.45, 7) is 11.7. The fourth-order valence-corrected chi connectivity index (χ4v) is 5.96. The van der Waals surface area contributed by atoms with Gasteiger partial charge in [0.2, 0.25) is 0 Å². The van der Waals surface area contributed by atoms with E-state index in [0.717, 1.165) is 54.5 Å². The van der Waals surface area contributed by atoms with Crippen LogP contribution >= 0.6 is 0 Å². The van der Waals surface area contributed by atoms with Gasteiger partial charge in [-0.1, -0.05) is 26.0 Å². The normalized spacial score (nSPS) is 18.3. The summed E-state index contributed by atoms with van der Waals surface area (Å²) in [7, 11) is 2.06. The molecule has 0 aliphatic carbocycles. The third-order valence-corrected chi connectivity index (χ3v) is 8.05. The van der Waals surface area contributed by atoms with Gasteiger partial charge in [-0.05, 0) is 50.7 Å². The molecule has 0 amide bonds. The summed E-state index contributed by atoms with van der Waals surface area (Å²) in [5.74, 6) is 3.57. The number of fused-ring (bicyclic) bond motifs is 2. The largest absolute Gasteiger partial charge is 0.361 e. The van der Waals surface area contributed by atoms with Crippen molar-refractivity contribution in [3.8, 4) is 11.4 Å².